The Morgan fingerprint density at radius 3 is 1.63 bits per heavy atom. The van der Waals surface area contributed by atoms with Gasteiger partial charge in [-0.05, 0) is 60.0 Å². The van der Waals surface area contributed by atoms with Crippen LogP contribution >= 0.6 is 0 Å². The molecule has 0 fully saturated rings. The first-order valence-electron chi connectivity index (χ1n) is 17.7. The lowest BCUT2D eigenvalue weighted by Gasteiger charge is -2.13. The predicted octanol–water partition coefficient (Wildman–Crippen LogP) is 12.3. The average molecular weight is 663 g/mol. The van der Waals surface area contributed by atoms with E-state index in [1.165, 1.54) is 48.9 Å². The first-order valence-corrected chi connectivity index (χ1v) is 17.7. The lowest BCUT2D eigenvalue weighted by molar-refractivity contribution is 1.16. The summed E-state index contributed by atoms with van der Waals surface area (Å²) < 4.78 is 4.83. The standard InChI is InChI=1S/C48H30N4/c1-3-14-31(15-4-1)41-30-42(32-16-5-2-6-17-32)50-48(49-41)34-19-13-20-35(26-34)51-44-24-11-9-22-37(44)39-28-38-36-21-8-12-25-45(36)52-43-23-10-7-18-33(43)27-46(52)40(38)29-47(39)51/h1-30H. The largest absolute Gasteiger partial charge is 0.309 e. The number of aromatic nitrogens is 4. The second kappa shape index (κ2) is 11.2. The van der Waals surface area contributed by atoms with Crippen molar-refractivity contribution in [1.82, 2.24) is 18.9 Å². The molecule has 7 aromatic carbocycles. The average Bonchev–Trinajstić information content (AvgIpc) is 3.77. The fourth-order valence-corrected chi connectivity index (χ4v) is 8.11. The van der Waals surface area contributed by atoms with Crippen LogP contribution in [0.3, 0.4) is 0 Å². The Balaban J connectivity index is 1.18. The smallest absolute Gasteiger partial charge is 0.160 e. The van der Waals surface area contributed by atoms with Gasteiger partial charge in [-0.15, -0.1) is 0 Å². The van der Waals surface area contributed by atoms with Gasteiger partial charge < -0.3 is 8.97 Å². The highest BCUT2D eigenvalue weighted by atomic mass is 15.0. The third kappa shape index (κ3) is 4.34. The molecule has 11 rings (SSSR count). The second-order valence-electron chi connectivity index (χ2n) is 13.5. The van der Waals surface area contributed by atoms with Gasteiger partial charge >= 0.3 is 0 Å². The van der Waals surface area contributed by atoms with E-state index in [4.69, 9.17) is 9.97 Å². The molecule has 4 aromatic heterocycles. The normalized spacial score (nSPS) is 11.8. The Labute approximate surface area is 299 Å². The van der Waals surface area contributed by atoms with E-state index < -0.39 is 0 Å². The van der Waals surface area contributed by atoms with Crippen LogP contribution in [0.4, 0.5) is 0 Å². The molecule has 0 unspecified atom stereocenters. The van der Waals surface area contributed by atoms with Gasteiger partial charge in [0.1, 0.15) is 0 Å². The lowest BCUT2D eigenvalue weighted by Crippen LogP contribution is -1.98. The Hall–Kier alpha value is -7.04. The minimum absolute atomic E-state index is 0.696. The molecule has 0 aliphatic carbocycles. The molecule has 0 aliphatic rings. The van der Waals surface area contributed by atoms with Crippen molar-refractivity contribution in [3.05, 3.63) is 182 Å². The molecule has 242 valence electrons. The van der Waals surface area contributed by atoms with Crippen molar-refractivity contribution in [2.24, 2.45) is 0 Å². The van der Waals surface area contributed by atoms with E-state index in [1.54, 1.807) is 0 Å². The zero-order valence-electron chi connectivity index (χ0n) is 28.1. The third-order valence-corrected chi connectivity index (χ3v) is 10.5. The fourth-order valence-electron chi connectivity index (χ4n) is 8.11. The molecule has 0 atom stereocenters. The molecule has 0 saturated heterocycles. The van der Waals surface area contributed by atoms with Crippen molar-refractivity contribution in [1.29, 1.82) is 0 Å². The number of benzene rings is 7. The molecule has 4 heteroatoms. The van der Waals surface area contributed by atoms with E-state index in [0.29, 0.717) is 5.82 Å². The highest BCUT2D eigenvalue weighted by molar-refractivity contribution is 6.22. The molecule has 0 bridgehead atoms. The first-order chi connectivity index (χ1) is 25.8. The number of rotatable bonds is 4. The molecule has 4 nitrogen and oxygen atoms in total. The molecular weight excluding hydrogens is 633 g/mol. The summed E-state index contributed by atoms with van der Waals surface area (Å²) in [5, 5.41) is 7.43. The molecule has 0 radical (unpaired) electrons. The van der Waals surface area contributed by atoms with Gasteiger partial charge in [-0.25, -0.2) is 9.97 Å². The van der Waals surface area contributed by atoms with Crippen molar-refractivity contribution in [3.63, 3.8) is 0 Å². The van der Waals surface area contributed by atoms with Crippen molar-refractivity contribution < 1.29 is 0 Å². The van der Waals surface area contributed by atoms with E-state index in [2.05, 4.69) is 179 Å². The zero-order valence-corrected chi connectivity index (χ0v) is 28.1. The highest BCUT2D eigenvalue weighted by Gasteiger charge is 2.19. The Morgan fingerprint density at radius 1 is 0.327 bits per heavy atom. The van der Waals surface area contributed by atoms with Crippen LogP contribution in [0.2, 0.25) is 0 Å². The molecule has 11 aromatic rings. The van der Waals surface area contributed by atoms with Crippen molar-refractivity contribution in [2.75, 3.05) is 0 Å². The second-order valence-corrected chi connectivity index (χ2v) is 13.5. The van der Waals surface area contributed by atoms with Gasteiger partial charge in [0.2, 0.25) is 0 Å². The molecule has 4 heterocycles. The van der Waals surface area contributed by atoms with Gasteiger partial charge in [0, 0.05) is 49.3 Å². The number of para-hydroxylation sites is 3. The monoisotopic (exact) mass is 662 g/mol. The van der Waals surface area contributed by atoms with E-state index in [9.17, 15) is 0 Å². The summed E-state index contributed by atoms with van der Waals surface area (Å²) in [7, 11) is 0. The lowest BCUT2D eigenvalue weighted by atomic mass is 10.0. The Bertz CT molecular complexity index is 3110. The van der Waals surface area contributed by atoms with Crippen LogP contribution in [0.1, 0.15) is 0 Å². The van der Waals surface area contributed by atoms with Crippen molar-refractivity contribution >= 4 is 59.9 Å². The van der Waals surface area contributed by atoms with Crippen molar-refractivity contribution in [3.8, 4) is 39.6 Å². The zero-order chi connectivity index (χ0) is 34.2. The van der Waals surface area contributed by atoms with Gasteiger partial charge in [0.15, 0.2) is 5.82 Å². The molecule has 0 N–H and O–H groups in total. The van der Waals surface area contributed by atoms with E-state index in [-0.39, 0.29) is 0 Å². The topological polar surface area (TPSA) is 35.1 Å². The summed E-state index contributed by atoms with van der Waals surface area (Å²) in [6.07, 6.45) is 0. The first kappa shape index (κ1) is 28.8. The minimum atomic E-state index is 0.696. The molecule has 52 heavy (non-hydrogen) atoms. The van der Waals surface area contributed by atoms with Crippen LogP contribution in [0.5, 0.6) is 0 Å². The van der Waals surface area contributed by atoms with Gasteiger partial charge in [-0.1, -0.05) is 127 Å². The number of fused-ring (bicyclic) bond motifs is 11. The van der Waals surface area contributed by atoms with Crippen LogP contribution in [0, 0.1) is 0 Å². The maximum absolute atomic E-state index is 5.15. The third-order valence-electron chi connectivity index (χ3n) is 10.5. The Kier molecular flexibility index (Phi) is 6.22. The van der Waals surface area contributed by atoms with Crippen molar-refractivity contribution in [2.45, 2.75) is 0 Å². The number of hydrogen-bond acceptors (Lipinski definition) is 2. The summed E-state index contributed by atoms with van der Waals surface area (Å²) >= 11 is 0. The van der Waals surface area contributed by atoms with Crippen LogP contribution in [0.15, 0.2) is 182 Å². The van der Waals surface area contributed by atoms with Crippen LogP contribution in [-0.4, -0.2) is 18.9 Å². The van der Waals surface area contributed by atoms with Crippen LogP contribution in [-0.2, 0) is 0 Å². The minimum Gasteiger partial charge on any atom is -0.309 e. The van der Waals surface area contributed by atoms with Gasteiger partial charge in [0.05, 0.1) is 39.0 Å². The summed E-state index contributed by atoms with van der Waals surface area (Å²) in [6, 6.07) is 64.8. The fraction of sp³-hybridized carbons (Fsp3) is 0. The van der Waals surface area contributed by atoms with Crippen LogP contribution < -0.4 is 0 Å². The highest BCUT2D eigenvalue weighted by Crippen LogP contribution is 2.40. The van der Waals surface area contributed by atoms with E-state index in [1.807, 2.05) is 12.1 Å². The summed E-state index contributed by atoms with van der Waals surface area (Å²) in [6.45, 7) is 0. The number of nitrogens with zero attached hydrogens (tertiary/aromatic N) is 4. The molecule has 0 saturated carbocycles. The quantitative estimate of drug-likeness (QED) is 0.176. The van der Waals surface area contributed by atoms with Gasteiger partial charge in [0.25, 0.3) is 0 Å². The Morgan fingerprint density at radius 2 is 0.904 bits per heavy atom. The summed E-state index contributed by atoms with van der Waals surface area (Å²) in [5.41, 5.74) is 11.9. The number of pyridine rings is 1. The summed E-state index contributed by atoms with van der Waals surface area (Å²) in [4.78, 5) is 10.3. The summed E-state index contributed by atoms with van der Waals surface area (Å²) in [5.74, 6) is 0.696. The predicted molar refractivity (Wildman–Crippen MR) is 216 cm³/mol. The molecular formula is C48H30N4. The van der Waals surface area contributed by atoms with E-state index >= 15 is 0 Å². The molecule has 0 aliphatic heterocycles. The maximum atomic E-state index is 5.15. The molecule has 0 amide bonds. The number of hydrogen-bond donors (Lipinski definition) is 0. The molecule has 0 spiro atoms. The van der Waals surface area contributed by atoms with Crippen LogP contribution in [0.25, 0.3) is 99.5 Å². The van der Waals surface area contributed by atoms with E-state index in [0.717, 1.165) is 44.8 Å². The maximum Gasteiger partial charge on any atom is 0.160 e. The SMILES string of the molecule is c1ccc(-c2cc(-c3ccccc3)nc(-c3cccc(-n4c5ccccc5c5cc6c7ccccc7n7c8ccccc8cc7c6cc54)c3)n2)cc1. The van der Waals surface area contributed by atoms with Gasteiger partial charge in [-0.2, -0.15) is 0 Å². The van der Waals surface area contributed by atoms with Gasteiger partial charge in [-0.3, -0.25) is 0 Å².